The van der Waals surface area contributed by atoms with Gasteiger partial charge in [-0.15, -0.1) is 9.06 Å². The minimum absolute atomic E-state index is 0.423. The fourth-order valence-corrected chi connectivity index (χ4v) is 5.22. The third-order valence-electron chi connectivity index (χ3n) is 1.69. The van der Waals surface area contributed by atoms with E-state index in [0.29, 0.717) is 0 Å². The molecule has 0 bridgehead atoms. The van der Waals surface area contributed by atoms with E-state index in [-0.39, 0.29) is 0 Å². The SMILES string of the molecule is Cn1cncc1S1(C)CS1. The van der Waals surface area contributed by atoms with Crippen molar-refractivity contribution in [3.05, 3.63) is 12.5 Å². The maximum Gasteiger partial charge on any atom is 0.0952 e. The molecule has 56 valence electrons. The van der Waals surface area contributed by atoms with Crippen LogP contribution in [0.4, 0.5) is 0 Å². The van der Waals surface area contributed by atoms with Gasteiger partial charge in [0.05, 0.1) is 17.6 Å². The van der Waals surface area contributed by atoms with Gasteiger partial charge in [-0.2, -0.15) is 0 Å². The van der Waals surface area contributed by atoms with Crippen LogP contribution in [0.15, 0.2) is 17.6 Å². The molecule has 1 aromatic rings. The zero-order valence-corrected chi connectivity index (χ0v) is 7.71. The van der Waals surface area contributed by atoms with Crippen LogP contribution in [0.1, 0.15) is 0 Å². The van der Waals surface area contributed by atoms with Gasteiger partial charge in [-0.1, -0.05) is 10.8 Å². The van der Waals surface area contributed by atoms with Crippen molar-refractivity contribution in [3.8, 4) is 0 Å². The van der Waals surface area contributed by atoms with Crippen LogP contribution in [0.3, 0.4) is 0 Å². The van der Waals surface area contributed by atoms with Gasteiger partial charge in [0, 0.05) is 12.1 Å². The molecular weight excluding hydrogens is 164 g/mol. The molecule has 1 aromatic heterocycles. The maximum absolute atomic E-state index is 4.10. The monoisotopic (exact) mass is 174 g/mol. The molecule has 0 spiro atoms. The lowest BCUT2D eigenvalue weighted by atomic mass is 10.9. The second kappa shape index (κ2) is 1.95. The first kappa shape index (κ1) is 6.61. The van der Waals surface area contributed by atoms with E-state index >= 15 is 0 Å². The molecule has 0 radical (unpaired) electrons. The van der Waals surface area contributed by atoms with E-state index in [1.807, 2.05) is 12.5 Å². The molecule has 2 rings (SSSR count). The van der Waals surface area contributed by atoms with Crippen molar-refractivity contribution in [3.63, 3.8) is 0 Å². The Hall–Kier alpha value is -0.0900. The van der Waals surface area contributed by atoms with Gasteiger partial charge in [0.2, 0.25) is 0 Å². The van der Waals surface area contributed by atoms with Gasteiger partial charge in [-0.25, -0.2) is 4.98 Å². The number of aryl methyl sites for hydroxylation is 1. The summed E-state index contributed by atoms with van der Waals surface area (Å²) >= 11 is 0. The molecule has 0 amide bonds. The molecule has 1 aliphatic rings. The average Bonchev–Trinajstić information content (AvgIpc) is 2.44. The summed E-state index contributed by atoms with van der Waals surface area (Å²) in [7, 11) is 3.71. The summed E-state index contributed by atoms with van der Waals surface area (Å²) in [6.45, 7) is 0. The van der Waals surface area contributed by atoms with E-state index in [0.717, 1.165) is 0 Å². The van der Waals surface area contributed by atoms with Gasteiger partial charge in [-0.3, -0.25) is 0 Å². The number of nitrogens with zero attached hydrogens (tertiary/aromatic N) is 2. The van der Waals surface area contributed by atoms with Crippen LogP contribution in [-0.4, -0.2) is 20.9 Å². The Morgan fingerprint density at radius 2 is 2.50 bits per heavy atom. The lowest BCUT2D eigenvalue weighted by Crippen LogP contribution is -1.90. The van der Waals surface area contributed by atoms with Gasteiger partial charge in [0.25, 0.3) is 0 Å². The Labute approximate surface area is 65.7 Å². The van der Waals surface area contributed by atoms with Gasteiger partial charge in [0.1, 0.15) is 0 Å². The zero-order chi connectivity index (χ0) is 7.19. The highest BCUT2D eigenvalue weighted by Crippen LogP contribution is 2.79. The number of hydrogen-bond donors (Lipinski definition) is 0. The second-order valence-corrected chi connectivity index (χ2v) is 9.10. The fourth-order valence-electron chi connectivity index (χ4n) is 0.954. The Bertz CT molecular complexity index is 252. The highest BCUT2D eigenvalue weighted by Gasteiger charge is 2.37. The molecule has 4 heteroatoms. The summed E-state index contributed by atoms with van der Waals surface area (Å²) in [5.41, 5.74) is 0. The standard InChI is InChI=1S/C6H10N2S2/c1-8-4-7-3-6(8)10(2)5-9-10/h3-4H,5H2,1-2H3. The van der Waals surface area contributed by atoms with Crippen LogP contribution >= 0.6 is 19.9 Å². The lowest BCUT2D eigenvalue weighted by Gasteiger charge is -2.10. The van der Waals surface area contributed by atoms with Crippen molar-refractivity contribution in [1.82, 2.24) is 9.55 Å². The Kier molecular flexibility index (Phi) is 1.29. The van der Waals surface area contributed by atoms with Crippen molar-refractivity contribution >= 4 is 19.9 Å². The summed E-state index contributed by atoms with van der Waals surface area (Å²) in [6, 6.07) is 0. The minimum Gasteiger partial charge on any atom is -0.330 e. The first-order valence-corrected chi connectivity index (χ1v) is 6.80. The smallest absolute Gasteiger partial charge is 0.0952 e. The van der Waals surface area contributed by atoms with Crippen LogP contribution in [0.5, 0.6) is 0 Å². The molecule has 0 saturated carbocycles. The van der Waals surface area contributed by atoms with Crippen molar-refractivity contribution in [2.45, 2.75) is 5.03 Å². The van der Waals surface area contributed by atoms with E-state index in [2.05, 4.69) is 33.6 Å². The van der Waals surface area contributed by atoms with Crippen LogP contribution in [-0.2, 0) is 7.05 Å². The zero-order valence-electron chi connectivity index (χ0n) is 6.07. The number of aromatic nitrogens is 2. The van der Waals surface area contributed by atoms with Gasteiger partial charge in [0.15, 0.2) is 0 Å². The number of imidazole rings is 1. The molecule has 1 saturated heterocycles. The fraction of sp³-hybridized carbons (Fsp3) is 0.500. The maximum atomic E-state index is 4.10. The highest BCUT2D eigenvalue weighted by atomic mass is 33.2. The van der Waals surface area contributed by atoms with E-state index in [4.69, 9.17) is 0 Å². The normalized spacial score (nSPS) is 37.0. The Balaban J connectivity index is 2.42. The summed E-state index contributed by atoms with van der Waals surface area (Å²) < 4.78 is 2.13. The third kappa shape index (κ3) is 0.864. The van der Waals surface area contributed by atoms with E-state index in [1.165, 1.54) is 10.1 Å². The van der Waals surface area contributed by atoms with Crippen LogP contribution in [0, 0.1) is 0 Å². The van der Waals surface area contributed by atoms with E-state index in [9.17, 15) is 0 Å². The predicted octanol–water partition coefficient (Wildman–Crippen LogP) is 1.83. The molecule has 1 aliphatic heterocycles. The summed E-state index contributed by atoms with van der Waals surface area (Å²) in [5, 5.41) is 2.75. The van der Waals surface area contributed by atoms with Gasteiger partial charge >= 0.3 is 0 Å². The Morgan fingerprint density at radius 1 is 1.80 bits per heavy atom. The van der Waals surface area contributed by atoms with E-state index in [1.54, 1.807) is 0 Å². The lowest BCUT2D eigenvalue weighted by molar-refractivity contribution is 0.823. The molecule has 10 heavy (non-hydrogen) atoms. The van der Waals surface area contributed by atoms with Crippen LogP contribution in [0.2, 0.25) is 0 Å². The molecule has 1 fully saturated rings. The van der Waals surface area contributed by atoms with Crippen molar-refractivity contribution in [1.29, 1.82) is 0 Å². The third-order valence-corrected chi connectivity index (χ3v) is 7.25. The van der Waals surface area contributed by atoms with Gasteiger partial charge < -0.3 is 4.57 Å². The molecule has 2 nitrogen and oxygen atoms in total. The van der Waals surface area contributed by atoms with Gasteiger partial charge in [-0.05, 0) is 6.26 Å². The predicted molar refractivity (Wildman–Crippen MR) is 47.4 cm³/mol. The first-order valence-electron chi connectivity index (χ1n) is 3.09. The molecule has 1 unspecified atom stereocenters. The van der Waals surface area contributed by atoms with E-state index < -0.39 is 9.06 Å². The topological polar surface area (TPSA) is 17.8 Å². The largest absolute Gasteiger partial charge is 0.330 e. The first-order chi connectivity index (χ1) is 4.72. The average molecular weight is 174 g/mol. The van der Waals surface area contributed by atoms with Crippen LogP contribution < -0.4 is 0 Å². The summed E-state index contributed by atoms with van der Waals surface area (Å²) in [5.74, 6) is 0. The van der Waals surface area contributed by atoms with Crippen molar-refractivity contribution < 1.29 is 0 Å². The number of hydrogen-bond acceptors (Lipinski definition) is 2. The molecule has 0 N–H and O–H groups in total. The second-order valence-electron chi connectivity index (χ2n) is 2.58. The number of rotatable bonds is 1. The van der Waals surface area contributed by atoms with Crippen molar-refractivity contribution in [2.75, 3.05) is 11.3 Å². The molecular formula is C6H10N2S2. The van der Waals surface area contributed by atoms with Crippen LogP contribution in [0.25, 0.3) is 0 Å². The minimum atomic E-state index is -0.423. The molecule has 2 heterocycles. The molecule has 0 aliphatic carbocycles. The quantitative estimate of drug-likeness (QED) is 0.477. The molecule has 1 atom stereocenters. The summed E-state index contributed by atoms with van der Waals surface area (Å²) in [4.78, 5) is 4.10. The highest BCUT2D eigenvalue weighted by molar-refractivity contribution is 9.08. The Morgan fingerprint density at radius 3 is 2.90 bits per heavy atom. The molecule has 0 aromatic carbocycles. The summed E-state index contributed by atoms with van der Waals surface area (Å²) in [6.07, 6.45) is 6.22. The van der Waals surface area contributed by atoms with Crippen molar-refractivity contribution in [2.24, 2.45) is 7.05 Å².